The van der Waals surface area contributed by atoms with Crippen molar-refractivity contribution in [1.82, 2.24) is 10.2 Å². The zero-order valence-corrected chi connectivity index (χ0v) is 21.3. The molecule has 2 amide bonds. The zero-order chi connectivity index (χ0) is 23.1. The molecule has 0 saturated carbocycles. The summed E-state index contributed by atoms with van der Waals surface area (Å²) in [5.41, 5.74) is 0.683. The van der Waals surface area contributed by atoms with Crippen LogP contribution in [0.25, 0.3) is 0 Å². The van der Waals surface area contributed by atoms with Crippen molar-refractivity contribution < 1.29 is 14.3 Å². The summed E-state index contributed by atoms with van der Waals surface area (Å²) in [5.74, 6) is -0.107. The average molecular weight is 551 g/mol. The Kier molecular flexibility index (Phi) is 9.94. The van der Waals surface area contributed by atoms with Crippen molar-refractivity contribution >= 4 is 62.5 Å². The molecule has 0 heterocycles. The molecule has 1 atom stereocenters. The van der Waals surface area contributed by atoms with Crippen LogP contribution in [0.5, 0.6) is 5.75 Å². The first-order valence-corrected chi connectivity index (χ1v) is 11.7. The van der Waals surface area contributed by atoms with Crippen LogP contribution in [0.1, 0.15) is 32.8 Å². The van der Waals surface area contributed by atoms with Crippen molar-refractivity contribution in [1.29, 1.82) is 0 Å². The zero-order valence-electron chi connectivity index (χ0n) is 17.4. The SMILES string of the molecule is CCC(C(=O)NC(C)C)N(Cc1ccc(Cl)cc1Cl)C(=O)COc1ccc(Cl)cc1Br. The molecular weight excluding hydrogens is 527 g/mol. The number of halogens is 4. The van der Waals surface area contributed by atoms with Gasteiger partial charge in [-0.1, -0.05) is 47.8 Å². The molecule has 0 saturated heterocycles. The third-order valence-corrected chi connectivity index (χ3v) is 5.86. The van der Waals surface area contributed by atoms with Crippen LogP contribution in [-0.2, 0) is 16.1 Å². The summed E-state index contributed by atoms with van der Waals surface area (Å²) in [6, 6.07) is 9.33. The predicted molar refractivity (Wildman–Crippen MR) is 129 cm³/mol. The smallest absolute Gasteiger partial charge is 0.261 e. The fourth-order valence-electron chi connectivity index (χ4n) is 2.95. The Labute approximate surface area is 206 Å². The van der Waals surface area contributed by atoms with Gasteiger partial charge in [0.05, 0.1) is 4.47 Å². The van der Waals surface area contributed by atoms with Gasteiger partial charge >= 0.3 is 0 Å². The Morgan fingerprint density at radius 1 is 1.10 bits per heavy atom. The molecule has 2 aromatic carbocycles. The Morgan fingerprint density at radius 3 is 2.32 bits per heavy atom. The number of hydrogen-bond acceptors (Lipinski definition) is 3. The normalized spacial score (nSPS) is 11.9. The van der Waals surface area contributed by atoms with Gasteiger partial charge in [-0.15, -0.1) is 0 Å². The molecule has 0 radical (unpaired) electrons. The molecular formula is C22H24BrCl3N2O3. The topological polar surface area (TPSA) is 58.6 Å². The Hall–Kier alpha value is -1.47. The number of carbonyl (C=O) groups excluding carboxylic acids is 2. The van der Waals surface area contributed by atoms with Crippen molar-refractivity contribution in [3.05, 3.63) is 61.5 Å². The fraction of sp³-hybridized carbons (Fsp3) is 0.364. The van der Waals surface area contributed by atoms with E-state index < -0.39 is 6.04 Å². The standard InChI is InChI=1S/C22H24BrCl3N2O3/c1-4-19(22(30)27-13(2)3)28(11-14-5-6-16(25)10-18(14)26)21(29)12-31-20-8-7-15(24)9-17(20)23/h5-10,13,19H,4,11-12H2,1-3H3,(H,27,30). The molecule has 0 fully saturated rings. The average Bonchev–Trinajstić information content (AvgIpc) is 2.68. The third kappa shape index (κ3) is 7.56. The van der Waals surface area contributed by atoms with Gasteiger partial charge in [-0.25, -0.2) is 0 Å². The van der Waals surface area contributed by atoms with Crippen LogP contribution in [0.15, 0.2) is 40.9 Å². The summed E-state index contributed by atoms with van der Waals surface area (Å²) in [4.78, 5) is 27.5. The largest absolute Gasteiger partial charge is 0.483 e. The summed E-state index contributed by atoms with van der Waals surface area (Å²) < 4.78 is 6.32. The minimum absolute atomic E-state index is 0.0566. The maximum atomic E-state index is 13.2. The van der Waals surface area contributed by atoms with Gasteiger partial charge in [-0.05, 0) is 72.1 Å². The first kappa shape index (κ1) is 25.8. The van der Waals surface area contributed by atoms with E-state index in [1.807, 2.05) is 20.8 Å². The van der Waals surface area contributed by atoms with Gasteiger partial charge in [-0.3, -0.25) is 9.59 Å². The number of nitrogens with one attached hydrogen (secondary N) is 1. The number of benzene rings is 2. The molecule has 0 aliphatic rings. The first-order valence-electron chi connectivity index (χ1n) is 9.74. The van der Waals surface area contributed by atoms with Crippen LogP contribution < -0.4 is 10.1 Å². The summed E-state index contributed by atoms with van der Waals surface area (Å²) in [6.45, 7) is 5.48. The van der Waals surface area contributed by atoms with Gasteiger partial charge in [0.2, 0.25) is 5.91 Å². The molecule has 168 valence electrons. The van der Waals surface area contributed by atoms with Crippen LogP contribution in [0.2, 0.25) is 15.1 Å². The van der Waals surface area contributed by atoms with E-state index in [4.69, 9.17) is 39.5 Å². The summed E-state index contributed by atoms with van der Waals surface area (Å²) in [7, 11) is 0. The second-order valence-electron chi connectivity index (χ2n) is 7.21. The van der Waals surface area contributed by atoms with Gasteiger partial charge in [0.1, 0.15) is 11.8 Å². The first-order chi connectivity index (χ1) is 14.6. The lowest BCUT2D eigenvalue weighted by atomic mass is 10.1. The van der Waals surface area contributed by atoms with E-state index in [0.29, 0.717) is 37.3 Å². The predicted octanol–water partition coefficient (Wildman–Crippen LogP) is 6.12. The number of carbonyl (C=O) groups is 2. The van der Waals surface area contributed by atoms with Crippen LogP contribution in [0, 0.1) is 0 Å². The minimum Gasteiger partial charge on any atom is -0.483 e. The maximum absolute atomic E-state index is 13.2. The molecule has 31 heavy (non-hydrogen) atoms. The number of ether oxygens (including phenoxy) is 1. The molecule has 0 aliphatic carbocycles. The van der Waals surface area contributed by atoms with E-state index in [1.54, 1.807) is 36.4 Å². The van der Waals surface area contributed by atoms with E-state index in [9.17, 15) is 9.59 Å². The highest BCUT2D eigenvalue weighted by molar-refractivity contribution is 9.10. The highest BCUT2D eigenvalue weighted by atomic mass is 79.9. The molecule has 2 rings (SSSR count). The maximum Gasteiger partial charge on any atom is 0.261 e. The summed E-state index contributed by atoms with van der Waals surface area (Å²) >= 11 is 21.6. The van der Waals surface area contributed by atoms with Gasteiger partial charge in [0.15, 0.2) is 6.61 Å². The number of amides is 2. The summed E-state index contributed by atoms with van der Waals surface area (Å²) in [5, 5.41) is 4.34. The lowest BCUT2D eigenvalue weighted by molar-refractivity contribution is -0.143. The van der Waals surface area contributed by atoms with Gasteiger partial charge < -0.3 is 15.0 Å². The number of rotatable bonds is 9. The van der Waals surface area contributed by atoms with Crippen LogP contribution in [0.4, 0.5) is 0 Å². The van der Waals surface area contributed by atoms with E-state index in [-0.39, 0.29) is 31.0 Å². The number of hydrogen-bond donors (Lipinski definition) is 1. The second-order valence-corrected chi connectivity index (χ2v) is 9.34. The highest BCUT2D eigenvalue weighted by Crippen LogP contribution is 2.28. The Morgan fingerprint density at radius 2 is 1.74 bits per heavy atom. The molecule has 5 nitrogen and oxygen atoms in total. The van der Waals surface area contributed by atoms with Gasteiger partial charge in [0, 0.05) is 27.7 Å². The lowest BCUT2D eigenvalue weighted by Gasteiger charge is -2.31. The molecule has 0 aliphatic heterocycles. The van der Waals surface area contributed by atoms with Crippen LogP contribution in [0.3, 0.4) is 0 Å². The van der Waals surface area contributed by atoms with E-state index >= 15 is 0 Å². The number of nitrogens with zero attached hydrogens (tertiary/aromatic N) is 1. The quantitative estimate of drug-likeness (QED) is 0.409. The van der Waals surface area contributed by atoms with Gasteiger partial charge in [0.25, 0.3) is 5.91 Å². The summed E-state index contributed by atoms with van der Waals surface area (Å²) in [6.07, 6.45) is 0.431. The van der Waals surface area contributed by atoms with Crippen molar-refractivity contribution in [3.8, 4) is 5.75 Å². The van der Waals surface area contributed by atoms with E-state index in [2.05, 4.69) is 21.2 Å². The van der Waals surface area contributed by atoms with Crippen LogP contribution in [-0.4, -0.2) is 35.4 Å². The van der Waals surface area contributed by atoms with Gasteiger partial charge in [-0.2, -0.15) is 0 Å². The monoisotopic (exact) mass is 548 g/mol. The third-order valence-electron chi connectivity index (χ3n) is 4.42. The molecule has 0 spiro atoms. The van der Waals surface area contributed by atoms with Crippen LogP contribution >= 0.6 is 50.7 Å². The van der Waals surface area contributed by atoms with Crippen molar-refractivity contribution in [3.63, 3.8) is 0 Å². The van der Waals surface area contributed by atoms with E-state index in [0.717, 1.165) is 0 Å². The minimum atomic E-state index is -0.682. The van der Waals surface area contributed by atoms with E-state index in [1.165, 1.54) is 4.90 Å². The Balaban J connectivity index is 2.27. The molecule has 9 heteroatoms. The van der Waals surface area contributed by atoms with Crippen molar-refractivity contribution in [2.24, 2.45) is 0 Å². The highest BCUT2D eigenvalue weighted by Gasteiger charge is 2.30. The second kappa shape index (κ2) is 12.0. The molecule has 1 unspecified atom stereocenters. The van der Waals surface area contributed by atoms with Crippen molar-refractivity contribution in [2.75, 3.05) is 6.61 Å². The Bertz CT molecular complexity index is 940. The lowest BCUT2D eigenvalue weighted by Crippen LogP contribution is -2.51. The fourth-order valence-corrected chi connectivity index (χ4v) is 4.21. The molecule has 1 N–H and O–H groups in total. The van der Waals surface area contributed by atoms with Crippen molar-refractivity contribution in [2.45, 2.75) is 45.8 Å². The molecule has 0 aromatic heterocycles. The molecule has 2 aromatic rings. The molecule has 0 bridgehead atoms.